The molecule has 0 atom stereocenters. The van der Waals surface area contributed by atoms with Crippen molar-refractivity contribution in [1.29, 1.82) is 0 Å². The van der Waals surface area contributed by atoms with E-state index in [2.05, 4.69) is 5.32 Å². The highest BCUT2D eigenvalue weighted by molar-refractivity contribution is 8.75. The first kappa shape index (κ1) is 17.0. The van der Waals surface area contributed by atoms with E-state index in [1.807, 2.05) is 0 Å². The minimum Gasteiger partial charge on any atom is -0.464 e. The first-order valence-corrected chi connectivity index (χ1v) is 9.59. The van der Waals surface area contributed by atoms with Crippen LogP contribution < -0.4 is 5.32 Å². The second kappa shape index (κ2) is 11.7. The molecule has 0 aliphatic carbocycles. The van der Waals surface area contributed by atoms with Crippen LogP contribution in [0.1, 0.15) is 51.4 Å². The topological polar surface area (TPSA) is 52.6 Å². The summed E-state index contributed by atoms with van der Waals surface area (Å²) < 4.78 is 1.43. The lowest BCUT2D eigenvalue weighted by Crippen LogP contribution is -2.22. The highest BCUT2D eigenvalue weighted by Gasteiger charge is 2.13. The smallest absolute Gasteiger partial charge is 0.418 e. The molecule has 1 amide bonds. The van der Waals surface area contributed by atoms with E-state index in [4.69, 9.17) is 5.11 Å². The summed E-state index contributed by atoms with van der Waals surface area (Å²) in [5, 5.41) is 12.1. The fraction of sp³-hybridized carbons (Fsp3) is 0.923. The molecule has 6 heteroatoms. The molecule has 0 spiro atoms. The van der Waals surface area contributed by atoms with E-state index < -0.39 is 6.09 Å². The molecule has 0 unspecified atom stereocenters. The van der Waals surface area contributed by atoms with E-state index in [-0.39, 0.29) is 0 Å². The SMILES string of the molecule is C1CCCNCC1.O=C(O)N1CCCCCCSS1. The Labute approximate surface area is 124 Å². The standard InChI is InChI=1S/C7H13NO2S2.C6H13N/c9-7(10)8-5-3-1-2-4-6-11-12-8;1-2-4-6-7-5-3-1/h1-6H2,(H,9,10);7H,1-6H2. The van der Waals surface area contributed by atoms with Crippen LogP contribution in [0, 0.1) is 0 Å². The lowest BCUT2D eigenvalue weighted by Gasteiger charge is -2.14. The van der Waals surface area contributed by atoms with Gasteiger partial charge in [-0.05, 0) is 38.8 Å². The molecule has 0 aromatic heterocycles. The van der Waals surface area contributed by atoms with Crippen LogP contribution >= 0.6 is 21.8 Å². The van der Waals surface area contributed by atoms with E-state index in [0.29, 0.717) is 6.54 Å². The third-order valence-electron chi connectivity index (χ3n) is 3.15. The maximum atomic E-state index is 10.6. The molecular formula is C13H26N2O2S2. The van der Waals surface area contributed by atoms with Crippen LogP contribution in [0.4, 0.5) is 4.79 Å². The normalized spacial score (nSPS) is 22.0. The largest absolute Gasteiger partial charge is 0.464 e. The van der Waals surface area contributed by atoms with E-state index in [1.165, 1.54) is 66.9 Å². The average molecular weight is 306 g/mol. The van der Waals surface area contributed by atoms with Gasteiger partial charge in [0.15, 0.2) is 0 Å². The second-order valence-electron chi connectivity index (χ2n) is 4.86. The van der Waals surface area contributed by atoms with Gasteiger partial charge in [0.2, 0.25) is 0 Å². The fourth-order valence-electron chi connectivity index (χ4n) is 2.01. The fourth-order valence-corrected chi connectivity index (χ4v) is 4.18. The van der Waals surface area contributed by atoms with Crippen molar-refractivity contribution in [2.45, 2.75) is 51.4 Å². The number of nitrogens with zero attached hydrogens (tertiary/aromatic N) is 1. The second-order valence-corrected chi connectivity index (χ2v) is 7.25. The summed E-state index contributed by atoms with van der Waals surface area (Å²) in [5.74, 6) is 1.06. The number of rotatable bonds is 0. The van der Waals surface area contributed by atoms with Crippen molar-refractivity contribution in [2.24, 2.45) is 0 Å². The van der Waals surface area contributed by atoms with E-state index in [1.54, 1.807) is 10.8 Å². The third kappa shape index (κ3) is 9.46. The van der Waals surface area contributed by atoms with Crippen LogP contribution in [0.5, 0.6) is 0 Å². The monoisotopic (exact) mass is 306 g/mol. The molecule has 2 fully saturated rings. The maximum absolute atomic E-state index is 10.6. The Morgan fingerprint density at radius 3 is 2.26 bits per heavy atom. The zero-order valence-corrected chi connectivity index (χ0v) is 13.2. The Hall–Kier alpha value is -0.0700. The van der Waals surface area contributed by atoms with Gasteiger partial charge in [-0.15, -0.1) is 0 Å². The molecule has 112 valence electrons. The van der Waals surface area contributed by atoms with Crippen LogP contribution in [-0.2, 0) is 0 Å². The van der Waals surface area contributed by atoms with Gasteiger partial charge < -0.3 is 10.4 Å². The quantitative estimate of drug-likeness (QED) is 0.523. The van der Waals surface area contributed by atoms with Gasteiger partial charge in [-0.1, -0.05) is 36.5 Å². The number of hydrogen-bond acceptors (Lipinski definition) is 4. The number of hydrogen-bond donors (Lipinski definition) is 2. The Bertz CT molecular complexity index is 213. The van der Waals surface area contributed by atoms with Gasteiger partial charge in [0.1, 0.15) is 0 Å². The lowest BCUT2D eigenvalue weighted by atomic mass is 10.2. The van der Waals surface area contributed by atoms with Crippen LogP contribution in [0.25, 0.3) is 0 Å². The van der Waals surface area contributed by atoms with Crippen molar-refractivity contribution in [3.8, 4) is 0 Å². The maximum Gasteiger partial charge on any atom is 0.418 e. The minimum atomic E-state index is -0.811. The molecule has 2 saturated heterocycles. The molecule has 0 saturated carbocycles. The highest BCUT2D eigenvalue weighted by Crippen LogP contribution is 2.29. The van der Waals surface area contributed by atoms with Gasteiger partial charge in [-0.2, -0.15) is 0 Å². The zero-order valence-electron chi connectivity index (χ0n) is 11.6. The van der Waals surface area contributed by atoms with Crippen LogP contribution in [0.3, 0.4) is 0 Å². The summed E-state index contributed by atoms with van der Waals surface area (Å²) in [6.07, 6.45) is 9.45. The number of carbonyl (C=O) groups is 1. The molecule has 0 radical (unpaired) electrons. The van der Waals surface area contributed by atoms with Gasteiger partial charge in [0, 0.05) is 23.3 Å². The van der Waals surface area contributed by atoms with E-state index >= 15 is 0 Å². The summed E-state index contributed by atoms with van der Waals surface area (Å²) >= 11 is 0. The van der Waals surface area contributed by atoms with Crippen molar-refractivity contribution in [1.82, 2.24) is 9.62 Å². The number of carboxylic acid groups (broad SMARTS) is 1. The minimum absolute atomic E-state index is 0.674. The number of amides is 1. The van der Waals surface area contributed by atoms with Gasteiger partial charge in [-0.3, -0.25) is 0 Å². The van der Waals surface area contributed by atoms with Crippen molar-refractivity contribution >= 4 is 27.9 Å². The summed E-state index contributed by atoms with van der Waals surface area (Å²) in [5.41, 5.74) is 0. The van der Waals surface area contributed by atoms with Crippen molar-refractivity contribution in [3.05, 3.63) is 0 Å². The molecule has 4 nitrogen and oxygen atoms in total. The molecule has 2 heterocycles. The van der Waals surface area contributed by atoms with E-state index in [9.17, 15) is 4.79 Å². The summed E-state index contributed by atoms with van der Waals surface area (Å²) in [6, 6.07) is 0. The zero-order chi connectivity index (χ0) is 13.8. The molecular weight excluding hydrogens is 280 g/mol. The van der Waals surface area contributed by atoms with Gasteiger partial charge in [-0.25, -0.2) is 9.10 Å². The molecule has 0 aromatic rings. The molecule has 2 N–H and O–H groups in total. The van der Waals surface area contributed by atoms with Crippen LogP contribution in [-0.4, -0.2) is 40.9 Å². The molecule has 2 aliphatic rings. The Kier molecular flexibility index (Phi) is 10.5. The summed E-state index contributed by atoms with van der Waals surface area (Å²) in [4.78, 5) is 10.6. The predicted molar refractivity (Wildman–Crippen MR) is 84.6 cm³/mol. The molecule has 0 bridgehead atoms. The Morgan fingerprint density at radius 2 is 1.58 bits per heavy atom. The summed E-state index contributed by atoms with van der Waals surface area (Å²) in [7, 11) is 3.01. The van der Waals surface area contributed by atoms with Crippen molar-refractivity contribution < 1.29 is 9.90 Å². The first-order chi connectivity index (χ1) is 9.30. The van der Waals surface area contributed by atoms with E-state index in [0.717, 1.165) is 18.6 Å². The lowest BCUT2D eigenvalue weighted by molar-refractivity contribution is 0.175. The Morgan fingerprint density at radius 1 is 0.947 bits per heavy atom. The van der Waals surface area contributed by atoms with Gasteiger partial charge in [0.05, 0.1) is 0 Å². The number of nitrogens with one attached hydrogen (secondary N) is 1. The summed E-state index contributed by atoms with van der Waals surface area (Å²) in [6.45, 7) is 3.17. The Balaban J connectivity index is 0.000000218. The molecule has 0 aromatic carbocycles. The first-order valence-electron chi connectivity index (χ1n) is 7.31. The molecule has 2 aliphatic heterocycles. The highest BCUT2D eigenvalue weighted by atomic mass is 33.1. The predicted octanol–water partition coefficient (Wildman–Crippen LogP) is 3.99. The van der Waals surface area contributed by atoms with Gasteiger partial charge >= 0.3 is 6.09 Å². The average Bonchev–Trinajstić information content (AvgIpc) is 2.63. The van der Waals surface area contributed by atoms with Gasteiger partial charge in [0.25, 0.3) is 0 Å². The third-order valence-corrected chi connectivity index (χ3v) is 5.59. The van der Waals surface area contributed by atoms with Crippen LogP contribution in [0.15, 0.2) is 0 Å². The molecule has 2 rings (SSSR count). The van der Waals surface area contributed by atoms with Crippen LogP contribution in [0.2, 0.25) is 0 Å². The van der Waals surface area contributed by atoms with Crippen molar-refractivity contribution in [3.63, 3.8) is 0 Å². The van der Waals surface area contributed by atoms with Crippen molar-refractivity contribution in [2.75, 3.05) is 25.4 Å². The molecule has 19 heavy (non-hydrogen) atoms.